The van der Waals surface area contributed by atoms with Crippen LogP contribution in [0.25, 0.3) is 10.2 Å². The number of piperazine rings is 1. The van der Waals surface area contributed by atoms with Crippen molar-refractivity contribution < 1.29 is 9.59 Å². The van der Waals surface area contributed by atoms with Crippen molar-refractivity contribution in [1.82, 2.24) is 19.8 Å². The third-order valence-corrected chi connectivity index (χ3v) is 5.83. The van der Waals surface area contributed by atoms with E-state index in [1.165, 1.54) is 17.4 Å². The number of carbonyl (C=O) groups is 2. The summed E-state index contributed by atoms with van der Waals surface area (Å²) >= 11 is 1.43. The maximum absolute atomic E-state index is 13.1. The van der Waals surface area contributed by atoms with Gasteiger partial charge < -0.3 is 9.80 Å². The van der Waals surface area contributed by atoms with E-state index in [1.54, 1.807) is 4.90 Å². The monoisotopic (exact) mass is 358 g/mol. The first-order valence-electron chi connectivity index (χ1n) is 8.30. The van der Waals surface area contributed by atoms with Crippen LogP contribution in [0.3, 0.4) is 0 Å². The Morgan fingerprint density at radius 3 is 2.60 bits per heavy atom. The summed E-state index contributed by atoms with van der Waals surface area (Å²) in [6, 6.07) is -0.0383. The van der Waals surface area contributed by atoms with Crippen LogP contribution in [0, 0.1) is 20.8 Å². The quantitative estimate of drug-likeness (QED) is 0.774. The first-order valence-corrected chi connectivity index (χ1v) is 9.11. The van der Waals surface area contributed by atoms with Gasteiger partial charge in [0.25, 0.3) is 5.91 Å². The van der Waals surface area contributed by atoms with Crippen molar-refractivity contribution in [3.8, 4) is 0 Å². The van der Waals surface area contributed by atoms with E-state index >= 15 is 0 Å². The van der Waals surface area contributed by atoms with Gasteiger partial charge in [0.2, 0.25) is 5.91 Å². The molecule has 6 nitrogen and oxygen atoms in total. The molecule has 3 heterocycles. The molecule has 1 saturated heterocycles. The van der Waals surface area contributed by atoms with Gasteiger partial charge in [0.1, 0.15) is 10.7 Å². The number of aryl methyl sites for hydroxylation is 3. The van der Waals surface area contributed by atoms with Gasteiger partial charge in [0.05, 0.1) is 4.88 Å². The molecule has 0 N–H and O–H groups in total. The van der Waals surface area contributed by atoms with Crippen molar-refractivity contribution in [2.75, 3.05) is 19.6 Å². The fourth-order valence-electron chi connectivity index (χ4n) is 3.40. The highest BCUT2D eigenvalue weighted by Gasteiger charge is 2.31. The van der Waals surface area contributed by atoms with E-state index in [2.05, 4.69) is 16.5 Å². The van der Waals surface area contributed by atoms with E-state index in [9.17, 15) is 9.59 Å². The van der Waals surface area contributed by atoms with Crippen molar-refractivity contribution in [3.05, 3.63) is 34.6 Å². The van der Waals surface area contributed by atoms with Gasteiger partial charge in [-0.1, -0.05) is 6.58 Å². The molecule has 1 fully saturated rings. The van der Waals surface area contributed by atoms with E-state index in [4.69, 9.17) is 0 Å². The van der Waals surface area contributed by atoms with Crippen molar-refractivity contribution in [2.45, 2.75) is 33.7 Å². The van der Waals surface area contributed by atoms with Gasteiger partial charge in [-0.15, -0.1) is 11.3 Å². The maximum Gasteiger partial charge on any atom is 0.264 e. The van der Waals surface area contributed by atoms with E-state index in [0.717, 1.165) is 27.3 Å². The third-order valence-electron chi connectivity index (χ3n) is 4.65. The lowest BCUT2D eigenvalue weighted by atomic mass is 10.1. The standard InChI is InChI=1S/C18H22N4O2S/c1-6-14(23)21-7-8-22(10(2)9-21)18(24)16-11(3)15-12(4)19-13(5)20-17(15)25-16/h6,10H,1,7-9H2,2-5H3/t10-/m0/s1. The minimum absolute atomic E-state index is 0.00996. The second kappa shape index (κ2) is 6.55. The van der Waals surface area contributed by atoms with Crippen LogP contribution < -0.4 is 0 Å². The molecule has 3 rings (SSSR count). The summed E-state index contributed by atoms with van der Waals surface area (Å²) in [5.74, 6) is 0.643. The molecule has 1 aliphatic heterocycles. The van der Waals surface area contributed by atoms with Crippen molar-refractivity contribution >= 4 is 33.4 Å². The van der Waals surface area contributed by atoms with E-state index in [0.29, 0.717) is 24.5 Å². The third kappa shape index (κ3) is 3.04. The number of hydrogen-bond donors (Lipinski definition) is 0. The minimum Gasteiger partial charge on any atom is -0.335 e. The number of rotatable bonds is 2. The van der Waals surface area contributed by atoms with Gasteiger partial charge in [0, 0.05) is 36.8 Å². The number of hydrogen-bond acceptors (Lipinski definition) is 5. The second-order valence-corrected chi connectivity index (χ2v) is 7.43. The SMILES string of the molecule is C=CC(=O)N1CCN(C(=O)c2sc3nc(C)nc(C)c3c2C)[C@@H](C)C1. The topological polar surface area (TPSA) is 66.4 Å². The first kappa shape index (κ1) is 17.5. The lowest BCUT2D eigenvalue weighted by Crippen LogP contribution is -2.55. The Bertz CT molecular complexity index is 874. The molecular weight excluding hydrogens is 336 g/mol. The summed E-state index contributed by atoms with van der Waals surface area (Å²) in [4.78, 5) is 39.0. The number of thiophene rings is 1. The molecule has 2 aromatic heterocycles. The largest absolute Gasteiger partial charge is 0.335 e. The zero-order valence-corrected chi connectivity index (χ0v) is 15.8. The average molecular weight is 358 g/mol. The highest BCUT2D eigenvalue weighted by molar-refractivity contribution is 7.20. The lowest BCUT2D eigenvalue weighted by Gasteiger charge is -2.39. The number of nitrogens with zero attached hydrogens (tertiary/aromatic N) is 4. The molecule has 2 aromatic rings. The highest BCUT2D eigenvalue weighted by atomic mass is 32.1. The number of fused-ring (bicyclic) bond motifs is 1. The van der Waals surface area contributed by atoms with Gasteiger partial charge in [-0.05, 0) is 39.3 Å². The Balaban J connectivity index is 1.90. The molecule has 1 aliphatic rings. The summed E-state index contributed by atoms with van der Waals surface area (Å²) in [5.41, 5.74) is 1.85. The second-order valence-electron chi connectivity index (χ2n) is 6.43. The molecule has 25 heavy (non-hydrogen) atoms. The van der Waals surface area contributed by atoms with Crippen LogP contribution in [0.15, 0.2) is 12.7 Å². The van der Waals surface area contributed by atoms with Gasteiger partial charge >= 0.3 is 0 Å². The molecule has 7 heteroatoms. The number of amides is 2. The van der Waals surface area contributed by atoms with Gasteiger partial charge in [0.15, 0.2) is 0 Å². The van der Waals surface area contributed by atoms with Crippen LogP contribution in [0.2, 0.25) is 0 Å². The zero-order chi connectivity index (χ0) is 18.3. The van der Waals surface area contributed by atoms with Crippen LogP contribution in [-0.4, -0.2) is 57.3 Å². The van der Waals surface area contributed by atoms with E-state index in [1.807, 2.05) is 32.6 Å². The molecule has 132 valence electrons. The molecule has 0 spiro atoms. The Hall–Kier alpha value is -2.28. The van der Waals surface area contributed by atoms with Gasteiger partial charge in [-0.25, -0.2) is 9.97 Å². The van der Waals surface area contributed by atoms with Crippen molar-refractivity contribution in [3.63, 3.8) is 0 Å². The summed E-state index contributed by atoms with van der Waals surface area (Å²) in [6.45, 7) is 12.9. The molecule has 0 aromatic carbocycles. The van der Waals surface area contributed by atoms with Gasteiger partial charge in [-0.3, -0.25) is 9.59 Å². The van der Waals surface area contributed by atoms with Crippen LogP contribution in [0.5, 0.6) is 0 Å². The fourth-order valence-corrected chi connectivity index (χ4v) is 4.63. The summed E-state index contributed by atoms with van der Waals surface area (Å²) in [5, 5.41) is 0.979. The van der Waals surface area contributed by atoms with E-state index in [-0.39, 0.29) is 17.9 Å². The predicted molar refractivity (Wildman–Crippen MR) is 98.9 cm³/mol. The zero-order valence-electron chi connectivity index (χ0n) is 15.0. The molecule has 1 atom stereocenters. The lowest BCUT2D eigenvalue weighted by molar-refractivity contribution is -0.128. The first-order chi connectivity index (χ1) is 11.8. The van der Waals surface area contributed by atoms with Crippen LogP contribution in [0.4, 0.5) is 0 Å². The van der Waals surface area contributed by atoms with Gasteiger partial charge in [-0.2, -0.15) is 0 Å². The Morgan fingerprint density at radius 1 is 1.24 bits per heavy atom. The molecule has 0 radical (unpaired) electrons. The van der Waals surface area contributed by atoms with Crippen molar-refractivity contribution in [2.24, 2.45) is 0 Å². The summed E-state index contributed by atoms with van der Waals surface area (Å²) < 4.78 is 0. The fraction of sp³-hybridized carbons (Fsp3) is 0.444. The molecule has 0 unspecified atom stereocenters. The Morgan fingerprint density at radius 2 is 1.96 bits per heavy atom. The molecule has 0 bridgehead atoms. The van der Waals surface area contributed by atoms with Crippen LogP contribution >= 0.6 is 11.3 Å². The highest BCUT2D eigenvalue weighted by Crippen LogP contribution is 2.32. The molecular formula is C18H22N4O2S. The molecule has 0 aliphatic carbocycles. The minimum atomic E-state index is -0.0848. The van der Waals surface area contributed by atoms with E-state index < -0.39 is 0 Å². The number of carbonyl (C=O) groups excluding carboxylic acids is 2. The van der Waals surface area contributed by atoms with Crippen LogP contribution in [0.1, 0.15) is 33.7 Å². The summed E-state index contributed by atoms with van der Waals surface area (Å²) in [6.07, 6.45) is 1.32. The van der Waals surface area contributed by atoms with Crippen LogP contribution in [-0.2, 0) is 4.79 Å². The number of aromatic nitrogens is 2. The Kier molecular flexibility index (Phi) is 4.60. The maximum atomic E-state index is 13.1. The normalized spacial score (nSPS) is 17.8. The smallest absolute Gasteiger partial charge is 0.264 e. The average Bonchev–Trinajstić information content (AvgIpc) is 2.90. The summed E-state index contributed by atoms with van der Waals surface area (Å²) in [7, 11) is 0. The Labute approximate surface area is 151 Å². The van der Waals surface area contributed by atoms with Crippen molar-refractivity contribution in [1.29, 1.82) is 0 Å². The molecule has 0 saturated carbocycles. The predicted octanol–water partition coefficient (Wildman–Crippen LogP) is 2.48. The molecule has 2 amide bonds.